The second-order valence-electron chi connectivity index (χ2n) is 3.63. The lowest BCUT2D eigenvalue weighted by Gasteiger charge is -2.19. The van der Waals surface area contributed by atoms with E-state index in [-0.39, 0.29) is 0 Å². The quantitative estimate of drug-likeness (QED) is 0.832. The number of hydrogen-bond donors (Lipinski definition) is 1. The predicted molar refractivity (Wildman–Crippen MR) is 62.9 cm³/mol. The summed E-state index contributed by atoms with van der Waals surface area (Å²) < 4.78 is 0. The molecular weight excluding hydrogens is 194 g/mol. The lowest BCUT2D eigenvalue weighted by molar-refractivity contribution is 0.749. The number of nitrogens with zero attached hydrogens (tertiary/aromatic N) is 2. The monoisotopic (exact) mass is 213 g/mol. The van der Waals surface area contributed by atoms with Gasteiger partial charge >= 0.3 is 0 Å². The molecule has 0 amide bonds. The average molecular weight is 213 g/mol. The van der Waals surface area contributed by atoms with Gasteiger partial charge in [0.1, 0.15) is 0 Å². The van der Waals surface area contributed by atoms with Gasteiger partial charge in [-0.2, -0.15) is 0 Å². The number of hydrogen-bond acceptors (Lipinski definition) is 4. The topological polar surface area (TPSA) is 42.2 Å². The summed E-state index contributed by atoms with van der Waals surface area (Å²) in [6.45, 7) is 7.05. The third-order valence-electron chi connectivity index (χ3n) is 2.36. The molecule has 0 saturated heterocycles. The van der Waals surface area contributed by atoms with E-state index in [2.05, 4.69) is 37.7 Å². The molecule has 14 heavy (non-hydrogen) atoms. The average Bonchev–Trinajstić information content (AvgIpc) is 2.59. The molecule has 0 spiro atoms. The number of nitrogens with two attached hydrogens (primary N) is 1. The first-order chi connectivity index (χ1) is 6.60. The molecule has 1 aromatic rings. The predicted octanol–water partition coefficient (Wildman–Crippen LogP) is 2.01. The Bertz CT molecular complexity index is 272. The molecule has 0 unspecified atom stereocenters. The van der Waals surface area contributed by atoms with Gasteiger partial charge in [0.05, 0.1) is 5.69 Å². The Morgan fingerprint density at radius 2 is 2.14 bits per heavy atom. The van der Waals surface area contributed by atoms with Crippen molar-refractivity contribution in [3.63, 3.8) is 0 Å². The lowest BCUT2D eigenvalue weighted by Crippen LogP contribution is -2.25. The van der Waals surface area contributed by atoms with E-state index in [9.17, 15) is 0 Å². The maximum Gasteiger partial charge on any atom is 0.185 e. The minimum Gasteiger partial charge on any atom is -0.349 e. The fourth-order valence-electron chi connectivity index (χ4n) is 1.18. The smallest absolute Gasteiger partial charge is 0.185 e. The van der Waals surface area contributed by atoms with Crippen LogP contribution in [0.1, 0.15) is 31.3 Å². The first kappa shape index (κ1) is 11.5. The van der Waals surface area contributed by atoms with Crippen molar-refractivity contribution in [3.8, 4) is 0 Å². The molecule has 0 fully saturated rings. The Kier molecular flexibility index (Phi) is 3.89. The van der Waals surface area contributed by atoms with Gasteiger partial charge in [-0.1, -0.05) is 6.92 Å². The first-order valence-electron chi connectivity index (χ1n) is 5.01. The number of aryl methyl sites for hydroxylation is 1. The van der Waals surface area contributed by atoms with E-state index in [4.69, 9.17) is 5.73 Å². The van der Waals surface area contributed by atoms with E-state index in [1.165, 1.54) is 4.88 Å². The maximum absolute atomic E-state index is 5.67. The Labute approximate surface area is 89.9 Å². The SMILES string of the molecule is CCc1nc(N(C)C(C)C)sc1CN. The summed E-state index contributed by atoms with van der Waals surface area (Å²) in [7, 11) is 2.07. The minimum absolute atomic E-state index is 0.483. The standard InChI is InChI=1S/C10H19N3S/c1-5-8-9(6-11)14-10(12-8)13(4)7(2)3/h7H,5-6,11H2,1-4H3. The van der Waals surface area contributed by atoms with E-state index in [0.717, 1.165) is 17.2 Å². The van der Waals surface area contributed by atoms with Crippen LogP contribution < -0.4 is 10.6 Å². The summed E-state index contributed by atoms with van der Waals surface area (Å²) in [5, 5.41) is 1.08. The number of thiazole rings is 1. The fraction of sp³-hybridized carbons (Fsp3) is 0.700. The van der Waals surface area contributed by atoms with Gasteiger partial charge in [-0.25, -0.2) is 4.98 Å². The van der Waals surface area contributed by atoms with Gasteiger partial charge in [-0.3, -0.25) is 0 Å². The van der Waals surface area contributed by atoms with Crippen LogP contribution in [0.2, 0.25) is 0 Å². The highest BCUT2D eigenvalue weighted by Gasteiger charge is 2.13. The Hall–Kier alpha value is -0.610. The highest BCUT2D eigenvalue weighted by molar-refractivity contribution is 7.15. The lowest BCUT2D eigenvalue weighted by atomic mass is 10.3. The molecule has 0 atom stereocenters. The van der Waals surface area contributed by atoms with Crippen molar-refractivity contribution in [1.82, 2.24) is 4.98 Å². The van der Waals surface area contributed by atoms with Gasteiger partial charge in [0.25, 0.3) is 0 Å². The Balaban J connectivity index is 2.94. The molecule has 0 aliphatic rings. The van der Waals surface area contributed by atoms with E-state index in [0.29, 0.717) is 12.6 Å². The van der Waals surface area contributed by atoms with Gasteiger partial charge in [0.15, 0.2) is 5.13 Å². The summed E-state index contributed by atoms with van der Waals surface area (Å²) in [6.07, 6.45) is 0.967. The molecule has 4 heteroatoms. The van der Waals surface area contributed by atoms with Crippen LogP contribution in [0, 0.1) is 0 Å². The van der Waals surface area contributed by atoms with E-state index < -0.39 is 0 Å². The fourth-order valence-corrected chi connectivity index (χ4v) is 2.30. The summed E-state index contributed by atoms with van der Waals surface area (Å²) in [5.74, 6) is 0. The zero-order valence-corrected chi connectivity index (χ0v) is 10.2. The summed E-state index contributed by atoms with van der Waals surface area (Å²) in [4.78, 5) is 7.99. The molecule has 0 aromatic carbocycles. The number of rotatable bonds is 4. The van der Waals surface area contributed by atoms with Crippen molar-refractivity contribution in [2.24, 2.45) is 5.73 Å². The second kappa shape index (κ2) is 4.75. The van der Waals surface area contributed by atoms with Crippen molar-refractivity contribution >= 4 is 16.5 Å². The van der Waals surface area contributed by atoms with Crippen LogP contribution in [0.4, 0.5) is 5.13 Å². The van der Waals surface area contributed by atoms with Gasteiger partial charge in [0.2, 0.25) is 0 Å². The molecule has 0 aliphatic heterocycles. The maximum atomic E-state index is 5.67. The Morgan fingerprint density at radius 1 is 1.50 bits per heavy atom. The molecule has 2 N–H and O–H groups in total. The zero-order valence-electron chi connectivity index (χ0n) is 9.37. The Morgan fingerprint density at radius 3 is 2.50 bits per heavy atom. The number of aromatic nitrogens is 1. The summed E-state index contributed by atoms with van der Waals surface area (Å²) >= 11 is 1.71. The molecule has 0 aliphatic carbocycles. The van der Waals surface area contributed by atoms with Gasteiger partial charge in [-0.15, -0.1) is 11.3 Å². The second-order valence-corrected chi connectivity index (χ2v) is 4.69. The van der Waals surface area contributed by atoms with Crippen LogP contribution in [0.15, 0.2) is 0 Å². The molecule has 0 bridgehead atoms. The van der Waals surface area contributed by atoms with Gasteiger partial charge in [-0.05, 0) is 20.3 Å². The summed E-state index contributed by atoms with van der Waals surface area (Å²) in [6, 6.07) is 0.483. The highest BCUT2D eigenvalue weighted by Crippen LogP contribution is 2.26. The van der Waals surface area contributed by atoms with Crippen LogP contribution in [-0.2, 0) is 13.0 Å². The molecule has 0 saturated carbocycles. The molecule has 3 nitrogen and oxygen atoms in total. The van der Waals surface area contributed by atoms with E-state index in [1.54, 1.807) is 11.3 Å². The molecule has 1 aromatic heterocycles. The molecular formula is C10H19N3S. The van der Waals surface area contributed by atoms with Crippen molar-refractivity contribution in [3.05, 3.63) is 10.6 Å². The van der Waals surface area contributed by atoms with Crippen LogP contribution in [0.25, 0.3) is 0 Å². The van der Waals surface area contributed by atoms with Crippen LogP contribution >= 0.6 is 11.3 Å². The minimum atomic E-state index is 0.483. The van der Waals surface area contributed by atoms with E-state index in [1.807, 2.05) is 0 Å². The van der Waals surface area contributed by atoms with Gasteiger partial charge < -0.3 is 10.6 Å². The third-order valence-corrected chi connectivity index (χ3v) is 3.57. The van der Waals surface area contributed by atoms with E-state index >= 15 is 0 Å². The molecule has 1 heterocycles. The van der Waals surface area contributed by atoms with Crippen molar-refractivity contribution < 1.29 is 0 Å². The molecule has 0 radical (unpaired) electrons. The van der Waals surface area contributed by atoms with Crippen molar-refractivity contribution in [1.29, 1.82) is 0 Å². The summed E-state index contributed by atoms with van der Waals surface area (Å²) in [5.41, 5.74) is 6.82. The third kappa shape index (κ3) is 2.25. The number of anilines is 1. The van der Waals surface area contributed by atoms with Crippen LogP contribution in [0.5, 0.6) is 0 Å². The molecule has 80 valence electrons. The van der Waals surface area contributed by atoms with Gasteiger partial charge in [0, 0.05) is 24.5 Å². The van der Waals surface area contributed by atoms with Crippen LogP contribution in [0.3, 0.4) is 0 Å². The normalized spacial score (nSPS) is 11.0. The van der Waals surface area contributed by atoms with Crippen molar-refractivity contribution in [2.75, 3.05) is 11.9 Å². The highest BCUT2D eigenvalue weighted by atomic mass is 32.1. The van der Waals surface area contributed by atoms with Crippen LogP contribution in [-0.4, -0.2) is 18.1 Å². The largest absolute Gasteiger partial charge is 0.349 e. The first-order valence-corrected chi connectivity index (χ1v) is 5.83. The zero-order chi connectivity index (χ0) is 10.7. The van der Waals surface area contributed by atoms with Crippen molar-refractivity contribution in [2.45, 2.75) is 39.8 Å². The molecule has 1 rings (SSSR count).